The summed E-state index contributed by atoms with van der Waals surface area (Å²) < 4.78 is 5.44. The van der Waals surface area contributed by atoms with E-state index in [4.69, 9.17) is 16.0 Å². The molecule has 2 fully saturated rings. The highest BCUT2D eigenvalue weighted by molar-refractivity contribution is 6.16. The molecule has 0 atom stereocenters. The minimum Gasteiger partial charge on any atom is -0.432 e. The van der Waals surface area contributed by atoms with Crippen LogP contribution in [0.5, 0.6) is 0 Å². The Labute approximate surface area is 107 Å². The van der Waals surface area contributed by atoms with E-state index in [0.717, 1.165) is 43.8 Å². The fourth-order valence-electron chi connectivity index (χ4n) is 2.29. The molecule has 1 saturated carbocycles. The Bertz CT molecular complexity index is 370. The summed E-state index contributed by atoms with van der Waals surface area (Å²) in [6.07, 6.45) is 4.51. The van der Waals surface area contributed by atoms with Gasteiger partial charge in [-0.05, 0) is 18.8 Å². The number of nitrogens with zero attached hydrogens (tertiary/aromatic N) is 3. The molecule has 0 amide bonds. The average molecular weight is 256 g/mol. The number of hydrogen-bond acceptors (Lipinski definition) is 4. The maximum absolute atomic E-state index is 5.72. The molecule has 1 aromatic rings. The number of aromatic nitrogens is 1. The number of hydrogen-bond donors (Lipinski definition) is 0. The highest BCUT2D eigenvalue weighted by Crippen LogP contribution is 2.30. The summed E-state index contributed by atoms with van der Waals surface area (Å²) in [6.45, 7) is 5.54. The largest absolute Gasteiger partial charge is 0.432 e. The third-order valence-corrected chi connectivity index (χ3v) is 3.81. The van der Waals surface area contributed by atoms with Crippen molar-refractivity contribution < 1.29 is 4.42 Å². The molecule has 94 valence electrons. The minimum absolute atomic E-state index is 0.422. The van der Waals surface area contributed by atoms with Gasteiger partial charge in [0.25, 0.3) is 6.01 Å². The SMILES string of the molecule is ClCc1coc(N2CCN(CC3CC3)CC2)n1. The average Bonchev–Trinajstić information content (AvgIpc) is 3.05. The fraction of sp³-hybridized carbons (Fsp3) is 0.750. The van der Waals surface area contributed by atoms with Gasteiger partial charge in [0, 0.05) is 32.7 Å². The van der Waals surface area contributed by atoms with Gasteiger partial charge in [-0.25, -0.2) is 0 Å². The van der Waals surface area contributed by atoms with E-state index in [0.29, 0.717) is 5.88 Å². The summed E-state index contributed by atoms with van der Waals surface area (Å²) in [5, 5.41) is 0. The van der Waals surface area contributed by atoms with Crippen molar-refractivity contribution in [3.63, 3.8) is 0 Å². The second-order valence-electron chi connectivity index (χ2n) is 4.99. The lowest BCUT2D eigenvalue weighted by atomic mass is 10.3. The summed E-state index contributed by atoms with van der Waals surface area (Å²) in [6, 6.07) is 0.728. The molecule has 2 heterocycles. The first kappa shape index (κ1) is 11.4. The van der Waals surface area contributed by atoms with Crippen molar-refractivity contribution in [2.24, 2.45) is 5.92 Å². The zero-order valence-corrected chi connectivity index (χ0v) is 10.7. The molecule has 0 radical (unpaired) electrons. The highest BCUT2D eigenvalue weighted by Gasteiger charge is 2.27. The number of oxazole rings is 1. The maximum Gasteiger partial charge on any atom is 0.297 e. The Balaban J connectivity index is 1.52. The van der Waals surface area contributed by atoms with Gasteiger partial charge in [0.2, 0.25) is 0 Å². The molecule has 4 nitrogen and oxygen atoms in total. The number of anilines is 1. The van der Waals surface area contributed by atoms with Crippen LogP contribution in [0.1, 0.15) is 18.5 Å². The third kappa shape index (κ3) is 2.75. The second kappa shape index (κ2) is 4.86. The van der Waals surface area contributed by atoms with E-state index in [2.05, 4.69) is 14.8 Å². The van der Waals surface area contributed by atoms with E-state index in [1.54, 1.807) is 6.26 Å². The Kier molecular flexibility index (Phi) is 3.25. The molecule has 2 aliphatic rings. The van der Waals surface area contributed by atoms with Crippen molar-refractivity contribution in [2.45, 2.75) is 18.7 Å². The van der Waals surface area contributed by atoms with Crippen LogP contribution >= 0.6 is 11.6 Å². The number of piperazine rings is 1. The number of halogens is 1. The van der Waals surface area contributed by atoms with Crippen molar-refractivity contribution in [3.8, 4) is 0 Å². The first-order valence-corrected chi connectivity index (χ1v) is 6.86. The molecule has 1 aromatic heterocycles. The van der Waals surface area contributed by atoms with Crippen LogP contribution in [0.15, 0.2) is 10.7 Å². The molecular formula is C12H18ClN3O. The molecule has 0 N–H and O–H groups in total. The van der Waals surface area contributed by atoms with Gasteiger partial charge in [-0.15, -0.1) is 11.6 Å². The van der Waals surface area contributed by atoms with E-state index in [1.807, 2.05) is 0 Å². The van der Waals surface area contributed by atoms with Crippen LogP contribution in [0, 0.1) is 5.92 Å². The van der Waals surface area contributed by atoms with Gasteiger partial charge >= 0.3 is 0 Å². The van der Waals surface area contributed by atoms with Gasteiger partial charge < -0.3 is 9.32 Å². The Hall–Kier alpha value is -0.740. The van der Waals surface area contributed by atoms with Crippen LogP contribution < -0.4 is 4.90 Å². The normalized spacial score (nSPS) is 22.1. The van der Waals surface area contributed by atoms with E-state index < -0.39 is 0 Å². The Morgan fingerprint density at radius 1 is 1.29 bits per heavy atom. The molecule has 1 aliphatic heterocycles. The van der Waals surface area contributed by atoms with E-state index >= 15 is 0 Å². The molecule has 0 aromatic carbocycles. The summed E-state index contributed by atoms with van der Waals surface area (Å²) >= 11 is 5.72. The molecule has 0 bridgehead atoms. The predicted octanol–water partition coefficient (Wildman–Crippen LogP) is 1.95. The van der Waals surface area contributed by atoms with E-state index in [1.165, 1.54) is 19.4 Å². The summed E-state index contributed by atoms with van der Waals surface area (Å²) in [7, 11) is 0. The minimum atomic E-state index is 0.422. The van der Waals surface area contributed by atoms with Crippen molar-refractivity contribution >= 4 is 17.6 Å². The van der Waals surface area contributed by atoms with Gasteiger partial charge in [-0.1, -0.05) is 0 Å². The molecule has 17 heavy (non-hydrogen) atoms. The molecule has 5 heteroatoms. The van der Waals surface area contributed by atoms with Crippen molar-refractivity contribution in [1.29, 1.82) is 0 Å². The van der Waals surface area contributed by atoms with Crippen molar-refractivity contribution in [2.75, 3.05) is 37.6 Å². The van der Waals surface area contributed by atoms with Crippen LogP contribution in [0.25, 0.3) is 0 Å². The maximum atomic E-state index is 5.72. The monoisotopic (exact) mass is 255 g/mol. The summed E-state index contributed by atoms with van der Waals surface area (Å²) in [5.41, 5.74) is 0.821. The van der Waals surface area contributed by atoms with Gasteiger partial charge in [0.05, 0.1) is 11.6 Å². The zero-order valence-electron chi connectivity index (χ0n) is 9.94. The molecule has 1 aliphatic carbocycles. The Morgan fingerprint density at radius 2 is 2.06 bits per heavy atom. The van der Waals surface area contributed by atoms with Gasteiger partial charge in [-0.2, -0.15) is 4.98 Å². The van der Waals surface area contributed by atoms with Crippen LogP contribution in [-0.4, -0.2) is 42.6 Å². The molecule has 0 unspecified atom stereocenters. The smallest absolute Gasteiger partial charge is 0.297 e. The van der Waals surface area contributed by atoms with Crippen LogP contribution in [0.4, 0.5) is 6.01 Å². The quantitative estimate of drug-likeness (QED) is 0.770. The first-order chi connectivity index (χ1) is 8.35. The molecule has 0 spiro atoms. The van der Waals surface area contributed by atoms with E-state index in [-0.39, 0.29) is 0 Å². The van der Waals surface area contributed by atoms with Gasteiger partial charge in [-0.3, -0.25) is 4.90 Å². The summed E-state index contributed by atoms with van der Waals surface area (Å²) in [5.74, 6) is 1.40. The number of rotatable bonds is 4. The third-order valence-electron chi connectivity index (χ3n) is 3.53. The highest BCUT2D eigenvalue weighted by atomic mass is 35.5. The molecule has 3 rings (SSSR count). The van der Waals surface area contributed by atoms with Gasteiger partial charge in [0.1, 0.15) is 6.26 Å². The van der Waals surface area contributed by atoms with Crippen molar-refractivity contribution in [1.82, 2.24) is 9.88 Å². The lowest BCUT2D eigenvalue weighted by Gasteiger charge is -2.33. The van der Waals surface area contributed by atoms with Gasteiger partial charge in [0.15, 0.2) is 0 Å². The molecule has 1 saturated heterocycles. The standard InChI is InChI=1S/C12H18ClN3O/c13-7-11-9-17-12(14-11)16-5-3-15(4-6-16)8-10-1-2-10/h9-10H,1-8H2. The van der Waals surface area contributed by atoms with Crippen LogP contribution in [0.3, 0.4) is 0 Å². The Morgan fingerprint density at radius 3 is 2.65 bits per heavy atom. The summed E-state index contributed by atoms with van der Waals surface area (Å²) in [4.78, 5) is 9.12. The second-order valence-corrected chi connectivity index (χ2v) is 5.25. The van der Waals surface area contributed by atoms with Crippen LogP contribution in [0.2, 0.25) is 0 Å². The first-order valence-electron chi connectivity index (χ1n) is 6.33. The number of alkyl halides is 1. The fourth-order valence-corrected chi connectivity index (χ4v) is 2.41. The lowest BCUT2D eigenvalue weighted by molar-refractivity contribution is 0.243. The predicted molar refractivity (Wildman–Crippen MR) is 67.4 cm³/mol. The zero-order chi connectivity index (χ0) is 11.7. The van der Waals surface area contributed by atoms with Crippen molar-refractivity contribution in [3.05, 3.63) is 12.0 Å². The lowest BCUT2D eigenvalue weighted by Crippen LogP contribution is -2.47. The molecular weight excluding hydrogens is 238 g/mol. The van der Waals surface area contributed by atoms with Crippen LogP contribution in [-0.2, 0) is 5.88 Å². The van der Waals surface area contributed by atoms with E-state index in [9.17, 15) is 0 Å². The topological polar surface area (TPSA) is 32.5 Å².